The van der Waals surface area contributed by atoms with Crippen LogP contribution in [0, 0.1) is 0 Å². The van der Waals surface area contributed by atoms with E-state index in [-0.39, 0.29) is 13.6 Å². The lowest BCUT2D eigenvalue weighted by atomic mass is 10.1. The van der Waals surface area contributed by atoms with Gasteiger partial charge in [0.05, 0.1) is 10.5 Å². The molecule has 0 N–H and O–H groups in total. The molecule has 0 saturated carbocycles. The number of halogens is 2. The Morgan fingerprint density at radius 2 is 2.04 bits per heavy atom. The summed E-state index contributed by atoms with van der Waals surface area (Å²) in [5.41, 5.74) is 1.60. The largest absolute Gasteiger partial charge is 0.492 e. The fraction of sp³-hybridized carbons (Fsp3) is 0.250. The SMILES string of the molecule is CN1CCOc2ccc3c(ccn3S(=O)(=O)c3cc(Cl)c(Cl)s3)c2C1. The Kier molecular flexibility index (Phi) is 4.24. The van der Waals surface area contributed by atoms with Crippen LogP contribution in [0.4, 0.5) is 0 Å². The van der Waals surface area contributed by atoms with Crippen LogP contribution in [0.3, 0.4) is 0 Å². The standard InChI is InChI=1S/C16H14Cl2N2O3S2/c1-19-6-7-23-14-3-2-13-10(11(14)9-19)4-5-20(13)25(21,22)15-8-12(17)16(18)24-15/h2-5,8H,6-7,9H2,1H3. The molecule has 3 aromatic rings. The molecule has 0 bridgehead atoms. The Hall–Kier alpha value is -1.25. The van der Waals surface area contributed by atoms with E-state index in [9.17, 15) is 8.42 Å². The van der Waals surface area contributed by atoms with Crippen LogP contribution in [0.15, 0.2) is 34.7 Å². The highest BCUT2D eigenvalue weighted by Gasteiger charge is 2.25. The van der Waals surface area contributed by atoms with Crippen LogP contribution in [0.25, 0.3) is 10.9 Å². The zero-order valence-electron chi connectivity index (χ0n) is 13.2. The number of hydrogen-bond acceptors (Lipinski definition) is 5. The van der Waals surface area contributed by atoms with Gasteiger partial charge in [-0.2, -0.15) is 8.42 Å². The summed E-state index contributed by atoms with van der Waals surface area (Å²) in [6.07, 6.45) is 1.56. The first-order valence-corrected chi connectivity index (χ1v) is 10.5. The van der Waals surface area contributed by atoms with E-state index in [4.69, 9.17) is 27.9 Å². The number of nitrogens with zero attached hydrogens (tertiary/aromatic N) is 2. The van der Waals surface area contributed by atoms with Gasteiger partial charge < -0.3 is 4.74 Å². The first kappa shape index (κ1) is 17.2. The second-order valence-corrected chi connectivity index (χ2v) is 9.97. The smallest absolute Gasteiger partial charge is 0.277 e. The summed E-state index contributed by atoms with van der Waals surface area (Å²) < 4.78 is 33.4. The monoisotopic (exact) mass is 416 g/mol. The Balaban J connectivity index is 1.90. The van der Waals surface area contributed by atoms with Gasteiger partial charge in [0, 0.05) is 30.2 Å². The van der Waals surface area contributed by atoms with Crippen molar-refractivity contribution in [2.75, 3.05) is 20.2 Å². The molecule has 0 aliphatic carbocycles. The topological polar surface area (TPSA) is 51.5 Å². The fourth-order valence-corrected chi connectivity index (χ4v) is 6.27. The number of thiophene rings is 1. The maximum atomic E-state index is 13.0. The van der Waals surface area contributed by atoms with Gasteiger partial charge >= 0.3 is 0 Å². The van der Waals surface area contributed by atoms with Crippen molar-refractivity contribution in [3.8, 4) is 5.75 Å². The number of benzene rings is 1. The van der Waals surface area contributed by atoms with Gasteiger partial charge in [-0.1, -0.05) is 23.2 Å². The third-order valence-corrected chi connectivity index (χ3v) is 8.20. The molecule has 0 atom stereocenters. The van der Waals surface area contributed by atoms with Crippen LogP contribution in [0.1, 0.15) is 5.56 Å². The number of rotatable bonds is 2. The van der Waals surface area contributed by atoms with Gasteiger partial charge in [-0.15, -0.1) is 11.3 Å². The van der Waals surface area contributed by atoms with E-state index in [1.807, 2.05) is 19.2 Å². The van der Waals surface area contributed by atoms with E-state index in [0.717, 1.165) is 34.6 Å². The summed E-state index contributed by atoms with van der Waals surface area (Å²) in [4.78, 5) is 2.15. The summed E-state index contributed by atoms with van der Waals surface area (Å²) in [6, 6.07) is 6.80. The van der Waals surface area contributed by atoms with Crippen molar-refractivity contribution in [2.45, 2.75) is 10.8 Å². The van der Waals surface area contributed by atoms with Gasteiger partial charge in [0.25, 0.3) is 10.0 Å². The van der Waals surface area contributed by atoms with Gasteiger partial charge in [0.2, 0.25) is 0 Å². The summed E-state index contributed by atoms with van der Waals surface area (Å²) in [5.74, 6) is 0.800. The number of hydrogen-bond donors (Lipinski definition) is 0. The van der Waals surface area contributed by atoms with Crippen LogP contribution in [0.5, 0.6) is 5.75 Å². The molecule has 0 radical (unpaired) electrons. The van der Waals surface area contributed by atoms with Crippen LogP contribution >= 0.6 is 34.5 Å². The Morgan fingerprint density at radius 3 is 2.76 bits per heavy atom. The highest BCUT2D eigenvalue weighted by Crippen LogP contribution is 2.37. The second-order valence-electron chi connectivity index (χ2n) is 5.86. The number of likely N-dealkylation sites (N-methyl/N-ethyl adjacent to an activating group) is 1. The highest BCUT2D eigenvalue weighted by atomic mass is 35.5. The van der Waals surface area contributed by atoms with Gasteiger partial charge in [0.15, 0.2) is 0 Å². The third-order valence-electron chi connectivity index (χ3n) is 4.20. The quantitative estimate of drug-likeness (QED) is 0.631. The summed E-state index contributed by atoms with van der Waals surface area (Å²) in [5, 5.41) is 1.11. The Labute approximate surface area is 159 Å². The van der Waals surface area contributed by atoms with Crippen molar-refractivity contribution < 1.29 is 13.2 Å². The summed E-state index contributed by atoms with van der Waals surface area (Å²) >= 11 is 12.8. The maximum absolute atomic E-state index is 13.0. The molecule has 1 aliphatic rings. The molecule has 0 unspecified atom stereocenters. The number of fused-ring (bicyclic) bond motifs is 3. The van der Waals surface area contributed by atoms with Gasteiger partial charge in [0.1, 0.15) is 20.9 Å². The summed E-state index contributed by atoms with van der Waals surface area (Å²) in [6.45, 7) is 2.13. The molecule has 132 valence electrons. The predicted octanol–water partition coefficient (Wildman–Crippen LogP) is 4.07. The van der Waals surface area contributed by atoms with Crippen molar-refractivity contribution >= 4 is 55.5 Å². The first-order valence-electron chi connectivity index (χ1n) is 7.52. The van der Waals surface area contributed by atoms with Gasteiger partial charge in [-0.3, -0.25) is 4.90 Å². The lowest BCUT2D eigenvalue weighted by molar-refractivity contribution is 0.259. The number of ether oxygens (including phenoxy) is 1. The molecule has 25 heavy (non-hydrogen) atoms. The minimum Gasteiger partial charge on any atom is -0.492 e. The van der Waals surface area contributed by atoms with Crippen LogP contribution in [0.2, 0.25) is 9.36 Å². The lowest BCUT2D eigenvalue weighted by Crippen LogP contribution is -2.20. The maximum Gasteiger partial charge on any atom is 0.277 e. The molecule has 0 spiro atoms. The van der Waals surface area contributed by atoms with E-state index in [1.54, 1.807) is 12.3 Å². The highest BCUT2D eigenvalue weighted by molar-refractivity contribution is 7.92. The van der Waals surface area contributed by atoms with E-state index in [0.29, 0.717) is 18.7 Å². The molecule has 9 heteroatoms. The van der Waals surface area contributed by atoms with Crippen LogP contribution in [-0.4, -0.2) is 37.5 Å². The van der Waals surface area contributed by atoms with Crippen LogP contribution in [-0.2, 0) is 16.6 Å². The molecule has 0 amide bonds. The molecule has 2 aromatic heterocycles. The van der Waals surface area contributed by atoms with E-state index in [2.05, 4.69) is 4.90 Å². The Bertz CT molecular complexity index is 1050. The average Bonchev–Trinajstić information content (AvgIpc) is 3.08. The zero-order valence-corrected chi connectivity index (χ0v) is 16.3. The van der Waals surface area contributed by atoms with E-state index >= 15 is 0 Å². The molecule has 5 nitrogen and oxygen atoms in total. The summed E-state index contributed by atoms with van der Waals surface area (Å²) in [7, 11) is -1.75. The zero-order chi connectivity index (χ0) is 17.8. The van der Waals surface area contributed by atoms with Gasteiger partial charge in [-0.25, -0.2) is 3.97 Å². The number of aromatic nitrogens is 1. The first-order chi connectivity index (χ1) is 11.9. The fourth-order valence-electron chi connectivity index (χ4n) is 2.95. The molecular formula is C16H14Cl2N2O3S2. The molecule has 4 rings (SSSR count). The van der Waals surface area contributed by atoms with Crippen molar-refractivity contribution in [1.29, 1.82) is 0 Å². The molecule has 0 saturated heterocycles. The predicted molar refractivity (Wildman–Crippen MR) is 101 cm³/mol. The van der Waals surface area contributed by atoms with Crippen molar-refractivity contribution in [2.24, 2.45) is 0 Å². The van der Waals surface area contributed by atoms with E-state index in [1.165, 1.54) is 10.0 Å². The van der Waals surface area contributed by atoms with Crippen molar-refractivity contribution in [3.63, 3.8) is 0 Å². The molecule has 1 aromatic carbocycles. The normalized spacial score (nSPS) is 15.8. The van der Waals surface area contributed by atoms with E-state index < -0.39 is 10.0 Å². The van der Waals surface area contributed by atoms with Crippen molar-refractivity contribution in [1.82, 2.24) is 8.87 Å². The minimum absolute atomic E-state index is 0.114. The van der Waals surface area contributed by atoms with Crippen molar-refractivity contribution in [3.05, 3.63) is 45.4 Å². The average molecular weight is 417 g/mol. The van der Waals surface area contributed by atoms with Crippen LogP contribution < -0.4 is 4.74 Å². The third kappa shape index (κ3) is 2.84. The Morgan fingerprint density at radius 1 is 1.24 bits per heavy atom. The lowest BCUT2D eigenvalue weighted by Gasteiger charge is -2.13. The molecule has 0 fully saturated rings. The van der Waals surface area contributed by atoms with Gasteiger partial charge in [-0.05, 0) is 31.3 Å². The molecule has 1 aliphatic heterocycles. The minimum atomic E-state index is -3.76. The molecular weight excluding hydrogens is 403 g/mol. The molecule has 3 heterocycles. The second kappa shape index (κ2) is 6.17.